The fourth-order valence-electron chi connectivity index (χ4n) is 12.8. The molecule has 5 aromatic rings. The summed E-state index contributed by atoms with van der Waals surface area (Å²) in [7, 11) is -10.1. The number of nitrogens with one attached hydrogen (secondary N) is 1. The van der Waals surface area contributed by atoms with Crippen molar-refractivity contribution in [2.75, 3.05) is 0 Å². The SMILES string of the molecule is CCCC[Si](CCCC)(CCCC)c1ccc(P(c2ccc([Si](CCCC)(CCCC)CCCC)cc2)[P+](NCc2ccccc2)(c2ccc([Si](CCCC)(CCCC)CCCC)cc2)c2ccccc2SC(F)(F)F)cc1. The van der Waals surface area contributed by atoms with Crippen LogP contribution in [0.5, 0.6) is 0 Å². The normalized spacial score (nSPS) is 13.3. The Morgan fingerprint density at radius 2 is 0.705 bits per heavy atom. The maximum absolute atomic E-state index is 15.3. The van der Waals surface area contributed by atoms with E-state index in [0.29, 0.717) is 11.4 Å². The van der Waals surface area contributed by atoms with Gasteiger partial charge in [-0.1, -0.05) is 351 Å². The van der Waals surface area contributed by atoms with Crippen LogP contribution in [-0.4, -0.2) is 29.7 Å². The van der Waals surface area contributed by atoms with Gasteiger partial charge in [0.05, 0.1) is 35.7 Å². The van der Waals surface area contributed by atoms with E-state index < -0.39 is 44.4 Å². The van der Waals surface area contributed by atoms with Gasteiger partial charge in [0, 0.05) is 10.6 Å². The molecule has 0 aromatic heterocycles. The molecule has 5 aromatic carbocycles. The van der Waals surface area contributed by atoms with Crippen molar-refractivity contribution in [1.29, 1.82) is 0 Å². The molecule has 430 valence electrons. The largest absolute Gasteiger partial charge is 0.446 e. The van der Waals surface area contributed by atoms with Crippen molar-refractivity contribution in [2.45, 2.75) is 249 Å². The van der Waals surface area contributed by atoms with E-state index in [4.69, 9.17) is 0 Å². The fraction of sp³-hybridized carbons (Fsp3) is 0.559. The standard InChI is InChI=1S/C68H105F3NP2SSi3/c1-10-19-49-76(50-20-11-2,51-21-12-3)63-43-37-60(38-44-63)73(61-39-45-64(46-40-61)77(52-22-13-4,53-23-14-5)54-24-15-6)74(72-58-59-33-29-28-30-34-59,66-35-31-32-36-67(66)75-68(69,70)71)62-41-47-65(48-42-62)78(55-25-16-7,56-26-17-8)57-27-18-9/h28-48,72H,10-27,49-58H2,1-9H3/q+1. The van der Waals surface area contributed by atoms with Crippen LogP contribution in [-0.2, 0) is 6.54 Å². The molecule has 0 amide bonds. The minimum Gasteiger partial charge on any atom is -0.176 e. The number of unbranched alkanes of at least 4 members (excludes halogenated alkanes) is 9. The van der Waals surface area contributed by atoms with Gasteiger partial charge < -0.3 is 0 Å². The predicted molar refractivity (Wildman–Crippen MR) is 357 cm³/mol. The van der Waals surface area contributed by atoms with E-state index in [0.717, 1.165) is 16.2 Å². The molecule has 0 aliphatic rings. The van der Waals surface area contributed by atoms with Crippen LogP contribution < -0.4 is 41.9 Å². The zero-order valence-electron chi connectivity index (χ0n) is 50.4. The third-order valence-electron chi connectivity index (χ3n) is 17.5. The van der Waals surface area contributed by atoms with Gasteiger partial charge in [-0.2, -0.15) is 18.3 Å². The maximum Gasteiger partial charge on any atom is 0.446 e. The minimum atomic E-state index is -4.46. The molecule has 0 aliphatic carbocycles. The van der Waals surface area contributed by atoms with Gasteiger partial charge in [-0.15, -0.1) is 0 Å². The van der Waals surface area contributed by atoms with Crippen LogP contribution in [0.15, 0.2) is 132 Å². The van der Waals surface area contributed by atoms with Gasteiger partial charge in [0.15, 0.2) is 7.10 Å². The number of alkyl halides is 3. The smallest absolute Gasteiger partial charge is 0.176 e. The Balaban J connectivity index is 1.98. The molecule has 10 heteroatoms. The van der Waals surface area contributed by atoms with E-state index in [1.165, 1.54) is 181 Å². The predicted octanol–water partition coefficient (Wildman–Crippen LogP) is 20.2. The van der Waals surface area contributed by atoms with Crippen molar-refractivity contribution in [1.82, 2.24) is 5.09 Å². The molecule has 0 spiro atoms. The zero-order valence-corrected chi connectivity index (χ0v) is 56.0. The minimum absolute atomic E-state index is 0.0862. The van der Waals surface area contributed by atoms with Gasteiger partial charge >= 0.3 is 5.51 Å². The van der Waals surface area contributed by atoms with E-state index in [1.54, 1.807) is 21.6 Å². The summed E-state index contributed by atoms with van der Waals surface area (Å²) in [6.07, 6.45) is 22.1. The first-order valence-electron chi connectivity index (χ1n) is 31.5. The van der Waals surface area contributed by atoms with Gasteiger partial charge in [0.25, 0.3) is 0 Å². The lowest BCUT2D eigenvalue weighted by molar-refractivity contribution is -0.0327. The summed E-state index contributed by atoms with van der Waals surface area (Å²) >= 11 is 0.0862. The molecule has 1 N–H and O–H groups in total. The molecule has 5 rings (SSSR count). The second-order valence-corrected chi connectivity index (χ2v) is 45.5. The molecule has 0 radical (unpaired) electrons. The number of benzene rings is 5. The molecule has 0 heterocycles. The lowest BCUT2D eigenvalue weighted by atomic mass is 10.2. The molecule has 0 saturated carbocycles. The van der Waals surface area contributed by atoms with Gasteiger partial charge in [-0.05, 0) is 41.6 Å². The number of hydrogen-bond acceptors (Lipinski definition) is 2. The van der Waals surface area contributed by atoms with Crippen LogP contribution in [0.1, 0.15) is 183 Å². The van der Waals surface area contributed by atoms with Crippen LogP contribution in [0.4, 0.5) is 13.2 Å². The van der Waals surface area contributed by atoms with E-state index in [2.05, 4.69) is 177 Å². The summed E-state index contributed by atoms with van der Waals surface area (Å²) in [6, 6.07) is 60.2. The summed E-state index contributed by atoms with van der Waals surface area (Å²) in [6.45, 7) is 21.6. The maximum atomic E-state index is 15.3. The Bertz CT molecular complexity index is 2260. The summed E-state index contributed by atoms with van der Waals surface area (Å²) in [5, 5.41) is 13.6. The molecule has 0 saturated heterocycles. The van der Waals surface area contributed by atoms with E-state index in [-0.39, 0.29) is 11.8 Å². The molecule has 1 unspecified atom stereocenters. The summed E-state index contributed by atoms with van der Waals surface area (Å²) in [4.78, 5) is 0.316. The summed E-state index contributed by atoms with van der Waals surface area (Å²) in [5.41, 5.74) is -3.32. The highest BCUT2D eigenvalue weighted by Gasteiger charge is 2.56. The van der Waals surface area contributed by atoms with E-state index in [1.807, 2.05) is 12.1 Å². The van der Waals surface area contributed by atoms with Crippen molar-refractivity contribution in [3.8, 4) is 0 Å². The second-order valence-electron chi connectivity index (χ2n) is 23.2. The number of thioether (sulfide) groups is 1. The first-order valence-corrected chi connectivity index (χ1v) is 44.0. The fourth-order valence-corrected chi connectivity index (χ4v) is 41.4. The summed E-state index contributed by atoms with van der Waals surface area (Å²) < 4.78 is 45.9. The third-order valence-corrected chi connectivity index (χ3v) is 44.8. The Labute approximate surface area is 484 Å². The highest BCUT2D eigenvalue weighted by molar-refractivity contribution is 8.49. The van der Waals surface area contributed by atoms with Crippen molar-refractivity contribution in [2.24, 2.45) is 0 Å². The molecule has 1 atom stereocenters. The first-order chi connectivity index (χ1) is 37.8. The number of halogens is 3. The molecular weight excluding hydrogens is 1070 g/mol. The molecule has 1 nitrogen and oxygen atoms in total. The van der Waals surface area contributed by atoms with Crippen molar-refractivity contribution in [3.63, 3.8) is 0 Å². The Morgan fingerprint density at radius 3 is 1.03 bits per heavy atom. The zero-order chi connectivity index (χ0) is 56.3. The molecule has 0 fully saturated rings. The topological polar surface area (TPSA) is 12.0 Å². The molecule has 78 heavy (non-hydrogen) atoms. The Hall–Kier alpha value is -2.29. The lowest BCUT2D eigenvalue weighted by Crippen LogP contribution is -2.48. The lowest BCUT2D eigenvalue weighted by Gasteiger charge is -2.38. The van der Waals surface area contributed by atoms with Gasteiger partial charge in [-0.25, -0.2) is 0 Å². The average Bonchev–Trinajstić information content (AvgIpc) is 3.61. The van der Waals surface area contributed by atoms with Crippen molar-refractivity contribution >= 4 is 87.5 Å². The van der Waals surface area contributed by atoms with Crippen LogP contribution in [0, 0.1) is 0 Å². The molecule has 0 bridgehead atoms. The molecular formula is C68H105F3NP2SSi3+. The molecule has 0 aliphatic heterocycles. The first kappa shape index (κ1) is 66.5. The van der Waals surface area contributed by atoms with E-state index in [9.17, 15) is 0 Å². The van der Waals surface area contributed by atoms with Gasteiger partial charge in [-0.3, -0.25) is 0 Å². The summed E-state index contributed by atoms with van der Waals surface area (Å²) in [5.74, 6) is 0. The van der Waals surface area contributed by atoms with Gasteiger partial charge in [0.1, 0.15) is 18.2 Å². The number of hydrogen-bond donors (Lipinski definition) is 1. The van der Waals surface area contributed by atoms with Crippen LogP contribution in [0.3, 0.4) is 0 Å². The van der Waals surface area contributed by atoms with Gasteiger partial charge in [0.2, 0.25) is 0 Å². The monoisotopic (exact) mass is 1170 g/mol. The van der Waals surface area contributed by atoms with Crippen molar-refractivity contribution < 1.29 is 13.2 Å². The second kappa shape index (κ2) is 34.3. The van der Waals surface area contributed by atoms with Crippen molar-refractivity contribution in [3.05, 3.63) is 133 Å². The van der Waals surface area contributed by atoms with Crippen LogP contribution >= 0.6 is 26.5 Å². The van der Waals surface area contributed by atoms with Crippen LogP contribution in [0.25, 0.3) is 0 Å². The van der Waals surface area contributed by atoms with E-state index >= 15 is 13.2 Å². The quantitative estimate of drug-likeness (QED) is 0.0239. The Kier molecular flexibility index (Phi) is 29.3. The number of rotatable bonds is 39. The van der Waals surface area contributed by atoms with Crippen LogP contribution in [0.2, 0.25) is 54.4 Å². The average molecular weight is 1170 g/mol. The Morgan fingerprint density at radius 1 is 0.397 bits per heavy atom. The third kappa shape index (κ3) is 18.1. The highest BCUT2D eigenvalue weighted by Crippen LogP contribution is 2.79. The highest BCUT2D eigenvalue weighted by atomic mass is 32.2.